The number of unbranched alkanes of at least 4 members (excludes halogenated alkanes) is 18. The van der Waals surface area contributed by atoms with E-state index in [0.717, 1.165) is 0 Å². The highest BCUT2D eigenvalue weighted by Crippen LogP contribution is 2.17. The summed E-state index contributed by atoms with van der Waals surface area (Å²) in [5, 5.41) is 0. The normalized spacial score (nSPS) is 11.3. The highest BCUT2D eigenvalue weighted by atomic mass is 32.2. The van der Waals surface area contributed by atoms with Gasteiger partial charge >= 0.3 is 0 Å². The molecule has 0 saturated heterocycles. The summed E-state index contributed by atoms with van der Waals surface area (Å²) >= 11 is 2.08. The van der Waals surface area contributed by atoms with Crippen LogP contribution >= 0.6 is 11.8 Å². The molecule has 0 spiro atoms. The van der Waals surface area contributed by atoms with Crippen molar-refractivity contribution >= 4 is 11.8 Å². The first-order chi connectivity index (χ1) is 12.4. The van der Waals surface area contributed by atoms with Gasteiger partial charge in [-0.3, -0.25) is 0 Å². The first-order valence-corrected chi connectivity index (χ1v) is 12.9. The Hall–Kier alpha value is 0.350. The van der Waals surface area contributed by atoms with Crippen LogP contribution in [0.1, 0.15) is 142 Å². The van der Waals surface area contributed by atoms with Gasteiger partial charge in [0.1, 0.15) is 0 Å². The quantitative estimate of drug-likeness (QED) is 0.171. The monoisotopic (exact) mass is 369 g/mol. The van der Waals surface area contributed by atoms with Crippen LogP contribution in [0, 0.1) is 5.75 Å². The predicted molar refractivity (Wildman–Crippen MR) is 120 cm³/mol. The van der Waals surface area contributed by atoms with Crippen LogP contribution in [0.25, 0.3) is 0 Å². The minimum absolute atomic E-state index is 1.33. The van der Waals surface area contributed by atoms with E-state index >= 15 is 0 Å². The Labute approximate surface area is 165 Å². The molecule has 0 rings (SSSR count). The molecule has 25 heavy (non-hydrogen) atoms. The van der Waals surface area contributed by atoms with Gasteiger partial charge in [-0.15, -0.1) is 0 Å². The molecule has 0 fully saturated rings. The Balaban J connectivity index is 2.94. The Bertz CT molecular complexity index is 192. The van der Waals surface area contributed by atoms with Crippen LogP contribution in [0.5, 0.6) is 0 Å². The number of thioether (sulfide) groups is 1. The van der Waals surface area contributed by atoms with Crippen molar-refractivity contribution in [3.05, 3.63) is 5.75 Å². The van der Waals surface area contributed by atoms with Crippen molar-refractivity contribution in [3.63, 3.8) is 0 Å². The molecule has 0 aliphatic heterocycles. The second-order valence-corrected chi connectivity index (χ2v) is 8.91. The van der Waals surface area contributed by atoms with Crippen molar-refractivity contribution in [2.24, 2.45) is 0 Å². The van der Waals surface area contributed by atoms with Crippen LogP contribution in [0.3, 0.4) is 0 Å². The predicted octanol–water partition coefficient (Wildman–Crippen LogP) is 9.72. The minimum Gasteiger partial charge on any atom is -0.157 e. The maximum Gasteiger partial charge on any atom is 0.0166 e. The lowest BCUT2D eigenvalue weighted by Crippen LogP contribution is -1.84. The van der Waals surface area contributed by atoms with Gasteiger partial charge in [0.15, 0.2) is 0 Å². The topological polar surface area (TPSA) is 0 Å². The van der Waals surface area contributed by atoms with E-state index in [1.54, 1.807) is 0 Å². The highest BCUT2D eigenvalue weighted by molar-refractivity contribution is 8.01. The van der Waals surface area contributed by atoms with Gasteiger partial charge in [0, 0.05) is 5.75 Å². The lowest BCUT2D eigenvalue weighted by molar-refractivity contribution is 0.557. The molecule has 0 aromatic rings. The summed E-state index contributed by atoms with van der Waals surface area (Å²) in [5.41, 5.74) is 0. The van der Waals surface area contributed by atoms with Crippen LogP contribution in [0.4, 0.5) is 0 Å². The highest BCUT2D eigenvalue weighted by Gasteiger charge is 1.95. The molecule has 0 bridgehead atoms. The third-order valence-corrected chi connectivity index (χ3v) is 6.15. The van der Waals surface area contributed by atoms with Crippen LogP contribution in [-0.4, -0.2) is 5.75 Å². The average molecular weight is 370 g/mol. The van der Waals surface area contributed by atoms with Crippen molar-refractivity contribution in [1.29, 1.82) is 0 Å². The maximum atomic E-state index is 2.48. The van der Waals surface area contributed by atoms with Gasteiger partial charge in [-0.1, -0.05) is 129 Å². The zero-order chi connectivity index (χ0) is 18.3. The van der Waals surface area contributed by atoms with Crippen molar-refractivity contribution in [1.82, 2.24) is 0 Å². The molecule has 0 nitrogen and oxygen atoms in total. The van der Waals surface area contributed by atoms with E-state index in [9.17, 15) is 0 Å². The number of hydrogen-bond donors (Lipinski definition) is 0. The first kappa shape index (κ1) is 25.4. The molecule has 0 saturated carbocycles. The Morgan fingerprint density at radius 3 is 1.24 bits per heavy atom. The van der Waals surface area contributed by atoms with E-state index in [1.165, 1.54) is 134 Å². The van der Waals surface area contributed by atoms with Gasteiger partial charge in [0.25, 0.3) is 0 Å². The molecule has 151 valence electrons. The fourth-order valence-electron chi connectivity index (χ4n) is 3.38. The standard InChI is InChI=1S/C24H49S/c1-3-5-7-9-11-13-14-16-18-20-22-24-25-23-21-19-17-15-12-10-8-6-4-2/h24H,3-23H2,1-2H3. The Kier molecular flexibility index (Phi) is 24.7. The molecule has 0 aromatic carbocycles. The molecule has 1 heteroatoms. The summed E-state index contributed by atoms with van der Waals surface area (Å²) in [5.74, 6) is 3.84. The second-order valence-electron chi connectivity index (χ2n) is 7.84. The summed E-state index contributed by atoms with van der Waals surface area (Å²) in [6.45, 7) is 4.59. The Morgan fingerprint density at radius 2 is 0.800 bits per heavy atom. The second kappa shape index (κ2) is 24.4. The first-order valence-electron chi connectivity index (χ1n) is 11.8. The molecule has 1 radical (unpaired) electrons. The van der Waals surface area contributed by atoms with Crippen LogP contribution in [0.2, 0.25) is 0 Å². The largest absolute Gasteiger partial charge is 0.157 e. The fourth-order valence-corrected chi connectivity index (χ4v) is 4.25. The van der Waals surface area contributed by atoms with Crippen LogP contribution in [0.15, 0.2) is 0 Å². The summed E-state index contributed by atoms with van der Waals surface area (Å²) < 4.78 is 0. The molecule has 0 atom stereocenters. The van der Waals surface area contributed by atoms with Gasteiger partial charge in [0.2, 0.25) is 0 Å². The fraction of sp³-hybridized carbons (Fsp3) is 0.958. The zero-order valence-corrected chi connectivity index (χ0v) is 18.7. The molecule has 0 N–H and O–H groups in total. The van der Waals surface area contributed by atoms with Gasteiger partial charge in [-0.25, -0.2) is 0 Å². The minimum atomic E-state index is 1.33. The van der Waals surface area contributed by atoms with Gasteiger partial charge in [0.05, 0.1) is 0 Å². The number of hydrogen-bond acceptors (Lipinski definition) is 1. The Morgan fingerprint density at radius 1 is 0.440 bits per heavy atom. The molecule has 0 aliphatic carbocycles. The van der Waals surface area contributed by atoms with Crippen LogP contribution < -0.4 is 0 Å². The lowest BCUT2D eigenvalue weighted by Gasteiger charge is -2.04. The van der Waals surface area contributed by atoms with E-state index < -0.39 is 0 Å². The smallest absolute Gasteiger partial charge is 0.0166 e. The molecule has 0 unspecified atom stereocenters. The molecule has 0 aromatic heterocycles. The van der Waals surface area contributed by atoms with Crippen molar-refractivity contribution < 1.29 is 0 Å². The third kappa shape index (κ3) is 24.4. The summed E-state index contributed by atoms with van der Waals surface area (Å²) in [4.78, 5) is 0. The average Bonchev–Trinajstić information content (AvgIpc) is 2.63. The maximum absolute atomic E-state index is 2.48. The van der Waals surface area contributed by atoms with Crippen molar-refractivity contribution in [2.45, 2.75) is 142 Å². The van der Waals surface area contributed by atoms with E-state index in [2.05, 4.69) is 31.4 Å². The van der Waals surface area contributed by atoms with E-state index in [1.807, 2.05) is 0 Å². The lowest BCUT2D eigenvalue weighted by atomic mass is 10.1. The molecule has 0 heterocycles. The summed E-state index contributed by atoms with van der Waals surface area (Å²) in [6.07, 6.45) is 28.8. The van der Waals surface area contributed by atoms with E-state index in [4.69, 9.17) is 0 Å². The van der Waals surface area contributed by atoms with Gasteiger partial charge in [-0.2, -0.15) is 11.8 Å². The third-order valence-electron chi connectivity index (χ3n) is 5.16. The van der Waals surface area contributed by atoms with Gasteiger partial charge < -0.3 is 0 Å². The molecular formula is C24H49S. The molecule has 0 aliphatic rings. The molecular weight excluding hydrogens is 320 g/mol. The summed E-state index contributed by atoms with van der Waals surface area (Å²) in [7, 11) is 0. The summed E-state index contributed by atoms with van der Waals surface area (Å²) in [6, 6.07) is 0. The SMILES string of the molecule is CCCCCCCCCCCC[CH]SCCCCCCCCCCC. The van der Waals surface area contributed by atoms with Crippen LogP contribution in [-0.2, 0) is 0 Å². The van der Waals surface area contributed by atoms with Crippen molar-refractivity contribution in [2.75, 3.05) is 5.75 Å². The van der Waals surface area contributed by atoms with Gasteiger partial charge in [-0.05, 0) is 18.6 Å². The number of rotatable bonds is 22. The van der Waals surface area contributed by atoms with Crippen molar-refractivity contribution in [3.8, 4) is 0 Å². The molecule has 0 amide bonds. The van der Waals surface area contributed by atoms with E-state index in [0.29, 0.717) is 0 Å². The zero-order valence-electron chi connectivity index (χ0n) is 17.8. The van der Waals surface area contributed by atoms with E-state index in [-0.39, 0.29) is 0 Å².